The zero-order valence-corrected chi connectivity index (χ0v) is 15.3. The lowest BCUT2D eigenvalue weighted by Crippen LogP contribution is -2.45. The number of ether oxygens (including phenoxy) is 1. The number of hydrogen-bond acceptors (Lipinski definition) is 5. The SMILES string of the molecule is CC(C)N(C(=O)COC(=O)CN1C(=O)NC2(CCCC2)C1=O)C(C)C. The maximum absolute atomic E-state index is 12.5. The summed E-state index contributed by atoms with van der Waals surface area (Å²) < 4.78 is 4.99. The molecule has 1 saturated heterocycles. The molecule has 1 heterocycles. The first-order valence-electron chi connectivity index (χ1n) is 8.79. The summed E-state index contributed by atoms with van der Waals surface area (Å²) in [7, 11) is 0. The van der Waals surface area contributed by atoms with Crippen LogP contribution in [0.15, 0.2) is 0 Å². The van der Waals surface area contributed by atoms with Crippen molar-refractivity contribution in [3.63, 3.8) is 0 Å². The number of nitrogens with one attached hydrogen (secondary N) is 1. The second-order valence-electron chi connectivity index (χ2n) is 7.26. The molecule has 0 aromatic carbocycles. The van der Waals surface area contributed by atoms with E-state index in [0.717, 1.165) is 17.7 Å². The number of carbonyl (C=O) groups excluding carboxylic acids is 4. The van der Waals surface area contributed by atoms with Gasteiger partial charge in [-0.1, -0.05) is 12.8 Å². The van der Waals surface area contributed by atoms with E-state index in [0.29, 0.717) is 12.8 Å². The van der Waals surface area contributed by atoms with Gasteiger partial charge < -0.3 is 15.0 Å². The van der Waals surface area contributed by atoms with E-state index in [9.17, 15) is 19.2 Å². The molecule has 140 valence electrons. The molecule has 2 aliphatic rings. The summed E-state index contributed by atoms with van der Waals surface area (Å²) in [6.07, 6.45) is 2.94. The molecule has 25 heavy (non-hydrogen) atoms. The smallest absolute Gasteiger partial charge is 0.326 e. The van der Waals surface area contributed by atoms with Crippen LogP contribution in [0.5, 0.6) is 0 Å². The van der Waals surface area contributed by atoms with Gasteiger partial charge in [-0.2, -0.15) is 0 Å². The lowest BCUT2D eigenvalue weighted by molar-refractivity contribution is -0.155. The fourth-order valence-corrected chi connectivity index (χ4v) is 3.70. The van der Waals surface area contributed by atoms with Gasteiger partial charge in [-0.15, -0.1) is 0 Å². The van der Waals surface area contributed by atoms with Gasteiger partial charge in [-0.05, 0) is 40.5 Å². The zero-order chi connectivity index (χ0) is 18.8. The minimum absolute atomic E-state index is 0.0145. The highest BCUT2D eigenvalue weighted by Crippen LogP contribution is 2.34. The molecule has 1 aliphatic carbocycles. The van der Waals surface area contributed by atoms with Crippen LogP contribution in [0.1, 0.15) is 53.4 Å². The molecular formula is C17H27N3O5. The highest BCUT2D eigenvalue weighted by Gasteiger charge is 2.52. The van der Waals surface area contributed by atoms with Gasteiger partial charge in [0.25, 0.3) is 11.8 Å². The van der Waals surface area contributed by atoms with Gasteiger partial charge in [-0.3, -0.25) is 19.3 Å². The Kier molecular flexibility index (Phi) is 5.69. The molecule has 1 N–H and O–H groups in total. The molecular weight excluding hydrogens is 326 g/mol. The maximum atomic E-state index is 12.5. The summed E-state index contributed by atoms with van der Waals surface area (Å²) in [6.45, 7) is 6.66. The van der Waals surface area contributed by atoms with Gasteiger partial charge in [0.05, 0.1) is 0 Å². The molecule has 8 nitrogen and oxygen atoms in total. The molecule has 1 spiro atoms. The van der Waals surface area contributed by atoms with Gasteiger partial charge in [0.15, 0.2) is 6.61 Å². The third kappa shape index (κ3) is 3.93. The molecule has 1 saturated carbocycles. The molecule has 0 aromatic heterocycles. The number of urea groups is 1. The van der Waals surface area contributed by atoms with E-state index in [1.165, 1.54) is 0 Å². The van der Waals surface area contributed by atoms with E-state index >= 15 is 0 Å². The number of nitrogens with zero attached hydrogens (tertiary/aromatic N) is 2. The number of amides is 4. The van der Waals surface area contributed by atoms with Crippen molar-refractivity contribution in [3.8, 4) is 0 Å². The van der Waals surface area contributed by atoms with Crippen LogP contribution < -0.4 is 5.32 Å². The van der Waals surface area contributed by atoms with E-state index in [1.807, 2.05) is 27.7 Å². The molecule has 0 radical (unpaired) electrons. The van der Waals surface area contributed by atoms with Crippen molar-refractivity contribution in [2.45, 2.75) is 71.0 Å². The Morgan fingerprint density at radius 3 is 2.24 bits per heavy atom. The number of esters is 1. The van der Waals surface area contributed by atoms with Gasteiger partial charge >= 0.3 is 12.0 Å². The van der Waals surface area contributed by atoms with Crippen LogP contribution in [0.25, 0.3) is 0 Å². The Bertz CT molecular complexity index is 559. The second kappa shape index (κ2) is 7.41. The number of rotatable bonds is 6. The third-order valence-corrected chi connectivity index (χ3v) is 4.75. The first-order chi connectivity index (χ1) is 11.7. The summed E-state index contributed by atoms with van der Waals surface area (Å²) in [4.78, 5) is 51.2. The quantitative estimate of drug-likeness (QED) is 0.568. The molecule has 8 heteroatoms. The summed E-state index contributed by atoms with van der Waals surface area (Å²) in [5, 5.41) is 2.70. The van der Waals surface area contributed by atoms with E-state index in [1.54, 1.807) is 4.90 Å². The van der Waals surface area contributed by atoms with E-state index < -0.39 is 30.7 Å². The van der Waals surface area contributed by atoms with Crippen LogP contribution in [0, 0.1) is 0 Å². The van der Waals surface area contributed by atoms with Crippen LogP contribution in [0.3, 0.4) is 0 Å². The fourth-order valence-electron chi connectivity index (χ4n) is 3.70. The Balaban J connectivity index is 1.89. The van der Waals surface area contributed by atoms with E-state index in [4.69, 9.17) is 4.74 Å². The lowest BCUT2D eigenvalue weighted by Gasteiger charge is -2.30. The lowest BCUT2D eigenvalue weighted by atomic mass is 9.98. The summed E-state index contributed by atoms with van der Waals surface area (Å²) in [5.41, 5.74) is -0.848. The number of imide groups is 1. The highest BCUT2D eigenvalue weighted by molar-refractivity contribution is 6.08. The Morgan fingerprint density at radius 2 is 1.72 bits per heavy atom. The second-order valence-corrected chi connectivity index (χ2v) is 7.26. The van der Waals surface area contributed by atoms with Crippen molar-refractivity contribution in [1.82, 2.24) is 15.1 Å². The average molecular weight is 353 g/mol. The van der Waals surface area contributed by atoms with Crippen LogP contribution in [-0.2, 0) is 19.1 Å². The van der Waals surface area contributed by atoms with Crippen LogP contribution >= 0.6 is 0 Å². The predicted molar refractivity (Wildman–Crippen MR) is 89.5 cm³/mol. The van der Waals surface area contributed by atoms with Crippen molar-refractivity contribution in [2.24, 2.45) is 0 Å². The van der Waals surface area contributed by atoms with Crippen molar-refractivity contribution >= 4 is 23.8 Å². The molecule has 2 fully saturated rings. The molecule has 0 bridgehead atoms. The molecule has 1 aliphatic heterocycles. The van der Waals surface area contributed by atoms with Crippen LogP contribution in [-0.4, -0.2) is 64.4 Å². The zero-order valence-electron chi connectivity index (χ0n) is 15.3. The normalized spacial score (nSPS) is 19.0. The highest BCUT2D eigenvalue weighted by atomic mass is 16.5. The first kappa shape index (κ1) is 19.2. The Hall–Kier alpha value is -2.12. The minimum Gasteiger partial charge on any atom is -0.454 e. The minimum atomic E-state index is -0.848. The molecule has 0 atom stereocenters. The largest absolute Gasteiger partial charge is 0.454 e. The van der Waals surface area contributed by atoms with Crippen molar-refractivity contribution in [2.75, 3.05) is 13.2 Å². The standard InChI is InChI=1S/C17H27N3O5/c1-11(2)20(12(3)4)13(21)10-25-14(22)9-19-15(23)17(18-16(19)24)7-5-6-8-17/h11-12H,5-10H2,1-4H3,(H,18,24). The summed E-state index contributed by atoms with van der Waals surface area (Å²) >= 11 is 0. The summed E-state index contributed by atoms with van der Waals surface area (Å²) in [5.74, 6) is -1.44. The van der Waals surface area contributed by atoms with Gasteiger partial charge in [0.2, 0.25) is 0 Å². The predicted octanol–water partition coefficient (Wildman–Crippen LogP) is 1.04. The molecule has 2 rings (SSSR count). The topological polar surface area (TPSA) is 96.0 Å². The van der Waals surface area contributed by atoms with E-state index in [2.05, 4.69) is 5.32 Å². The van der Waals surface area contributed by atoms with Crippen LogP contribution in [0.2, 0.25) is 0 Å². The Labute approximate surface area is 147 Å². The van der Waals surface area contributed by atoms with Gasteiger partial charge in [0.1, 0.15) is 12.1 Å². The average Bonchev–Trinajstić information content (AvgIpc) is 3.06. The fraction of sp³-hybridized carbons (Fsp3) is 0.765. The van der Waals surface area contributed by atoms with Crippen molar-refractivity contribution in [1.29, 1.82) is 0 Å². The Morgan fingerprint density at radius 1 is 1.16 bits per heavy atom. The van der Waals surface area contributed by atoms with Crippen LogP contribution in [0.4, 0.5) is 4.79 Å². The monoisotopic (exact) mass is 353 g/mol. The summed E-state index contributed by atoms with van der Waals surface area (Å²) in [6, 6.07) is -0.597. The third-order valence-electron chi connectivity index (χ3n) is 4.75. The van der Waals surface area contributed by atoms with Gasteiger partial charge in [-0.25, -0.2) is 4.79 Å². The number of carbonyl (C=O) groups is 4. The van der Waals surface area contributed by atoms with Crippen molar-refractivity contribution in [3.05, 3.63) is 0 Å². The maximum Gasteiger partial charge on any atom is 0.326 e. The number of hydrogen-bond donors (Lipinski definition) is 1. The molecule has 0 aromatic rings. The molecule has 4 amide bonds. The van der Waals surface area contributed by atoms with E-state index in [-0.39, 0.29) is 23.9 Å². The molecule has 0 unspecified atom stereocenters. The first-order valence-corrected chi connectivity index (χ1v) is 8.79. The van der Waals surface area contributed by atoms with Gasteiger partial charge in [0, 0.05) is 12.1 Å². The van der Waals surface area contributed by atoms with Crippen molar-refractivity contribution < 1.29 is 23.9 Å².